The number of ether oxygens (including phenoxy) is 1. The van der Waals surface area contributed by atoms with Crippen molar-refractivity contribution >= 4 is 11.5 Å². The van der Waals surface area contributed by atoms with Crippen LogP contribution in [0, 0.1) is 5.41 Å². The fraction of sp³-hybridized carbons (Fsp3) is 0.417. The van der Waals surface area contributed by atoms with Gasteiger partial charge in [-0.15, -0.1) is 0 Å². The standard InChI is InChI=1S/C12H16F3N3O/c1-7(19-2)6-18-8-3-4-9(11(16)17)10(5-8)12(13,14)15/h3-5,7,18H,6H2,1-2H3,(H3,16,17). The van der Waals surface area contributed by atoms with Crippen LogP contribution in [0.3, 0.4) is 0 Å². The highest BCUT2D eigenvalue weighted by Crippen LogP contribution is 2.33. The SMILES string of the molecule is COC(C)CNc1ccc(C(=N)N)c(C(F)(F)F)c1. The Morgan fingerprint density at radius 1 is 1.47 bits per heavy atom. The summed E-state index contributed by atoms with van der Waals surface area (Å²) in [5.41, 5.74) is 4.21. The second-order valence-electron chi connectivity index (χ2n) is 4.10. The highest BCUT2D eigenvalue weighted by molar-refractivity contribution is 5.97. The second-order valence-corrected chi connectivity index (χ2v) is 4.10. The van der Waals surface area contributed by atoms with Crippen LogP contribution >= 0.6 is 0 Å². The molecule has 19 heavy (non-hydrogen) atoms. The monoisotopic (exact) mass is 275 g/mol. The second kappa shape index (κ2) is 5.92. The van der Waals surface area contributed by atoms with E-state index in [-0.39, 0.29) is 11.7 Å². The molecule has 4 nitrogen and oxygen atoms in total. The van der Waals surface area contributed by atoms with Crippen molar-refractivity contribution in [3.05, 3.63) is 29.3 Å². The molecule has 1 unspecified atom stereocenters. The van der Waals surface area contributed by atoms with Gasteiger partial charge in [-0.05, 0) is 25.1 Å². The van der Waals surface area contributed by atoms with Gasteiger partial charge in [-0.25, -0.2) is 0 Å². The number of hydrogen-bond donors (Lipinski definition) is 3. The van der Waals surface area contributed by atoms with Gasteiger partial charge in [-0.1, -0.05) is 0 Å². The predicted octanol–water partition coefficient (Wildman–Crippen LogP) is 2.44. The van der Waals surface area contributed by atoms with Crippen LogP contribution in [0.5, 0.6) is 0 Å². The maximum absolute atomic E-state index is 12.8. The Labute approximate surface area is 109 Å². The largest absolute Gasteiger partial charge is 0.417 e. The minimum atomic E-state index is -4.55. The van der Waals surface area contributed by atoms with E-state index in [2.05, 4.69) is 5.32 Å². The van der Waals surface area contributed by atoms with E-state index in [1.165, 1.54) is 19.2 Å². The molecule has 1 atom stereocenters. The molecule has 1 aromatic carbocycles. The number of amidine groups is 1. The molecule has 0 aliphatic carbocycles. The molecule has 106 valence electrons. The number of rotatable bonds is 5. The van der Waals surface area contributed by atoms with Crippen LogP contribution in [0.1, 0.15) is 18.1 Å². The summed E-state index contributed by atoms with van der Waals surface area (Å²) < 4.78 is 43.5. The number of anilines is 1. The molecule has 0 aliphatic heterocycles. The van der Waals surface area contributed by atoms with Gasteiger partial charge >= 0.3 is 6.18 Å². The zero-order valence-electron chi connectivity index (χ0n) is 10.6. The molecule has 0 aliphatic rings. The molecule has 0 bridgehead atoms. The van der Waals surface area contributed by atoms with Crippen molar-refractivity contribution in [3.8, 4) is 0 Å². The molecule has 7 heteroatoms. The van der Waals surface area contributed by atoms with Crippen LogP contribution in [0.2, 0.25) is 0 Å². The average molecular weight is 275 g/mol. The average Bonchev–Trinajstić information content (AvgIpc) is 2.34. The minimum Gasteiger partial charge on any atom is -0.384 e. The summed E-state index contributed by atoms with van der Waals surface area (Å²) in [6.07, 6.45) is -4.67. The number of methoxy groups -OCH3 is 1. The Bertz CT molecular complexity index is 460. The maximum atomic E-state index is 12.8. The normalized spacial score (nSPS) is 13.1. The van der Waals surface area contributed by atoms with Gasteiger partial charge in [0.15, 0.2) is 0 Å². The highest BCUT2D eigenvalue weighted by Gasteiger charge is 2.34. The first-order valence-corrected chi connectivity index (χ1v) is 5.58. The predicted molar refractivity (Wildman–Crippen MR) is 67.4 cm³/mol. The fourth-order valence-electron chi connectivity index (χ4n) is 1.47. The molecule has 0 amide bonds. The van der Waals surface area contributed by atoms with Crippen LogP contribution in [-0.4, -0.2) is 25.6 Å². The van der Waals surface area contributed by atoms with Crippen molar-refractivity contribution in [2.24, 2.45) is 5.73 Å². The van der Waals surface area contributed by atoms with Gasteiger partial charge in [0.1, 0.15) is 5.84 Å². The zero-order chi connectivity index (χ0) is 14.6. The lowest BCUT2D eigenvalue weighted by atomic mass is 10.1. The first-order chi connectivity index (χ1) is 8.75. The number of halogens is 3. The Kier molecular flexibility index (Phi) is 4.77. The molecule has 0 spiro atoms. The number of hydrogen-bond acceptors (Lipinski definition) is 3. The van der Waals surface area contributed by atoms with Gasteiger partial charge in [0.05, 0.1) is 11.7 Å². The Hall–Kier alpha value is -1.76. The molecular weight excluding hydrogens is 259 g/mol. The minimum absolute atomic E-state index is 0.123. The first kappa shape index (κ1) is 15.3. The van der Waals surface area contributed by atoms with E-state index in [0.717, 1.165) is 6.07 Å². The van der Waals surface area contributed by atoms with Crippen LogP contribution in [0.4, 0.5) is 18.9 Å². The third-order valence-electron chi connectivity index (χ3n) is 2.61. The van der Waals surface area contributed by atoms with Crippen LogP contribution in [0.25, 0.3) is 0 Å². The molecule has 0 aromatic heterocycles. The Balaban J connectivity index is 3.02. The van der Waals surface area contributed by atoms with Crippen molar-refractivity contribution in [1.29, 1.82) is 5.41 Å². The van der Waals surface area contributed by atoms with Crippen molar-refractivity contribution in [2.75, 3.05) is 19.0 Å². The fourth-order valence-corrected chi connectivity index (χ4v) is 1.47. The number of nitrogens with one attached hydrogen (secondary N) is 2. The van der Waals surface area contributed by atoms with Crippen molar-refractivity contribution in [1.82, 2.24) is 0 Å². The lowest BCUT2D eigenvalue weighted by Crippen LogP contribution is -2.21. The van der Waals surface area contributed by atoms with Crippen molar-refractivity contribution < 1.29 is 17.9 Å². The van der Waals surface area contributed by atoms with Crippen LogP contribution < -0.4 is 11.1 Å². The summed E-state index contributed by atoms with van der Waals surface area (Å²) in [7, 11) is 1.52. The summed E-state index contributed by atoms with van der Waals surface area (Å²) in [6.45, 7) is 2.18. The molecule has 0 saturated carbocycles. The van der Waals surface area contributed by atoms with Gasteiger partial charge in [0.25, 0.3) is 0 Å². The topological polar surface area (TPSA) is 71.1 Å². The van der Waals surface area contributed by atoms with Gasteiger partial charge in [-0.2, -0.15) is 13.2 Å². The lowest BCUT2D eigenvalue weighted by molar-refractivity contribution is -0.137. The summed E-state index contributed by atoms with van der Waals surface area (Å²) in [5, 5.41) is 10.0. The smallest absolute Gasteiger partial charge is 0.384 e. The van der Waals surface area contributed by atoms with E-state index in [0.29, 0.717) is 12.2 Å². The van der Waals surface area contributed by atoms with Crippen molar-refractivity contribution in [3.63, 3.8) is 0 Å². The van der Waals surface area contributed by atoms with E-state index in [4.69, 9.17) is 15.9 Å². The Morgan fingerprint density at radius 3 is 2.58 bits per heavy atom. The van der Waals surface area contributed by atoms with Crippen molar-refractivity contribution in [2.45, 2.75) is 19.2 Å². The number of nitrogen functional groups attached to an aromatic ring is 1. The molecule has 1 aromatic rings. The van der Waals surface area contributed by atoms with Gasteiger partial charge in [-0.3, -0.25) is 5.41 Å². The van der Waals surface area contributed by atoms with E-state index in [1.807, 2.05) is 0 Å². The third-order valence-corrected chi connectivity index (χ3v) is 2.61. The highest BCUT2D eigenvalue weighted by atomic mass is 19.4. The molecule has 0 radical (unpaired) electrons. The summed E-state index contributed by atoms with van der Waals surface area (Å²) in [5.74, 6) is -0.607. The molecule has 0 fully saturated rings. The first-order valence-electron chi connectivity index (χ1n) is 5.58. The van der Waals surface area contributed by atoms with Gasteiger partial charge in [0, 0.05) is 24.9 Å². The van der Waals surface area contributed by atoms with Gasteiger partial charge in [0.2, 0.25) is 0 Å². The maximum Gasteiger partial charge on any atom is 0.417 e. The van der Waals surface area contributed by atoms with Crippen LogP contribution in [0.15, 0.2) is 18.2 Å². The molecule has 0 saturated heterocycles. The number of nitrogens with two attached hydrogens (primary N) is 1. The van der Waals surface area contributed by atoms with E-state index in [1.54, 1.807) is 6.92 Å². The summed E-state index contributed by atoms with van der Waals surface area (Å²) in [4.78, 5) is 0. The molecular formula is C12H16F3N3O. The molecule has 1 rings (SSSR count). The number of alkyl halides is 3. The van der Waals surface area contributed by atoms with Crippen LogP contribution in [-0.2, 0) is 10.9 Å². The summed E-state index contributed by atoms with van der Waals surface area (Å²) in [6, 6.07) is 3.58. The molecule has 0 heterocycles. The van der Waals surface area contributed by atoms with Gasteiger partial charge < -0.3 is 15.8 Å². The van der Waals surface area contributed by atoms with E-state index < -0.39 is 17.6 Å². The lowest BCUT2D eigenvalue weighted by Gasteiger charge is -2.16. The van der Waals surface area contributed by atoms with E-state index in [9.17, 15) is 13.2 Å². The number of benzene rings is 1. The summed E-state index contributed by atoms with van der Waals surface area (Å²) >= 11 is 0. The third kappa shape index (κ3) is 4.13. The Morgan fingerprint density at radius 2 is 2.11 bits per heavy atom. The molecule has 4 N–H and O–H groups in total. The quantitative estimate of drug-likeness (QED) is 0.571. The van der Waals surface area contributed by atoms with E-state index >= 15 is 0 Å². The zero-order valence-corrected chi connectivity index (χ0v) is 10.6.